The fourth-order valence-corrected chi connectivity index (χ4v) is 4.10. The van der Waals surface area contributed by atoms with Crippen molar-refractivity contribution in [3.05, 3.63) is 35.9 Å². The minimum absolute atomic E-state index is 0.102. The van der Waals surface area contributed by atoms with Gasteiger partial charge in [-0.25, -0.2) is 4.79 Å². The van der Waals surface area contributed by atoms with Crippen LogP contribution in [0.2, 0.25) is 0 Å². The van der Waals surface area contributed by atoms with Crippen molar-refractivity contribution in [2.75, 3.05) is 6.54 Å². The molecule has 0 spiro atoms. The number of nitrogens with zero attached hydrogens (tertiary/aromatic N) is 2. The average Bonchev–Trinajstić information content (AvgIpc) is 2.82. The lowest BCUT2D eigenvalue weighted by Crippen LogP contribution is -2.61. The summed E-state index contributed by atoms with van der Waals surface area (Å²) in [5, 5.41) is 0. The fourth-order valence-electron chi connectivity index (χ4n) is 4.10. The monoisotopic (exact) mass is 344 g/mol. The van der Waals surface area contributed by atoms with E-state index in [2.05, 4.69) is 29.2 Å². The first-order valence-electron chi connectivity index (χ1n) is 9.12. The van der Waals surface area contributed by atoms with E-state index in [9.17, 15) is 9.59 Å². The number of aldehydes is 1. The van der Waals surface area contributed by atoms with Gasteiger partial charge in [-0.15, -0.1) is 0 Å². The van der Waals surface area contributed by atoms with E-state index in [0.717, 1.165) is 25.7 Å². The molecule has 5 heteroatoms. The lowest BCUT2D eigenvalue weighted by Gasteiger charge is -2.46. The third-order valence-corrected chi connectivity index (χ3v) is 5.12. The quantitative estimate of drug-likeness (QED) is 0.787. The molecule has 3 rings (SSSR count). The second-order valence-electron chi connectivity index (χ2n) is 8.06. The molecule has 2 fully saturated rings. The standard InChI is InChI=1S/C20H28N2O3/c1-20(2,3)25-19(24)22-14-16-9-10-17(18(22)11-12-23)21(16)13-15-7-5-4-6-8-15/h4-8,12,16-18H,9-11,13-14H2,1-3H3/t16-,17-,18+/m1/s1. The van der Waals surface area contributed by atoms with Crippen LogP contribution in [0.15, 0.2) is 30.3 Å². The van der Waals surface area contributed by atoms with Gasteiger partial charge in [-0.3, -0.25) is 4.90 Å². The zero-order chi connectivity index (χ0) is 18.0. The lowest BCUT2D eigenvalue weighted by atomic mass is 9.99. The number of hydrogen-bond donors (Lipinski definition) is 0. The van der Waals surface area contributed by atoms with Crippen LogP contribution >= 0.6 is 0 Å². The Morgan fingerprint density at radius 1 is 1.24 bits per heavy atom. The second kappa shape index (κ2) is 7.16. The van der Waals surface area contributed by atoms with E-state index < -0.39 is 5.60 Å². The van der Waals surface area contributed by atoms with Crippen LogP contribution in [0.25, 0.3) is 0 Å². The van der Waals surface area contributed by atoms with Gasteiger partial charge >= 0.3 is 6.09 Å². The van der Waals surface area contributed by atoms with E-state index in [1.54, 1.807) is 4.90 Å². The number of rotatable bonds is 4. The van der Waals surface area contributed by atoms with E-state index in [-0.39, 0.29) is 18.2 Å². The fraction of sp³-hybridized carbons (Fsp3) is 0.600. The van der Waals surface area contributed by atoms with Gasteiger partial charge < -0.3 is 14.4 Å². The maximum atomic E-state index is 12.7. The summed E-state index contributed by atoms with van der Waals surface area (Å²) in [6, 6.07) is 10.8. The summed E-state index contributed by atoms with van der Waals surface area (Å²) in [6.45, 7) is 7.13. The highest BCUT2D eigenvalue weighted by Gasteiger charge is 2.48. The Bertz CT molecular complexity index is 611. The molecule has 2 aliphatic rings. The predicted molar refractivity (Wildman–Crippen MR) is 96.2 cm³/mol. The zero-order valence-electron chi connectivity index (χ0n) is 15.4. The van der Waals surface area contributed by atoms with Crippen LogP contribution in [-0.2, 0) is 16.1 Å². The minimum Gasteiger partial charge on any atom is -0.444 e. The molecule has 2 aliphatic heterocycles. The first-order valence-corrected chi connectivity index (χ1v) is 9.12. The van der Waals surface area contributed by atoms with Crippen molar-refractivity contribution >= 4 is 12.4 Å². The van der Waals surface area contributed by atoms with Crippen molar-refractivity contribution in [2.45, 2.75) is 70.3 Å². The molecule has 0 saturated carbocycles. The Balaban J connectivity index is 1.78. The molecular formula is C20H28N2O3. The third kappa shape index (κ3) is 4.03. The molecule has 0 unspecified atom stereocenters. The Morgan fingerprint density at radius 3 is 2.60 bits per heavy atom. The Labute approximate surface area is 149 Å². The van der Waals surface area contributed by atoms with Gasteiger partial charge in [0.05, 0.1) is 6.04 Å². The molecule has 25 heavy (non-hydrogen) atoms. The highest BCUT2D eigenvalue weighted by Crippen LogP contribution is 2.37. The predicted octanol–water partition coefficient (Wildman–Crippen LogP) is 3.23. The summed E-state index contributed by atoms with van der Waals surface area (Å²) >= 11 is 0. The third-order valence-electron chi connectivity index (χ3n) is 5.12. The van der Waals surface area contributed by atoms with Crippen LogP contribution in [0, 0.1) is 0 Å². The number of carbonyl (C=O) groups is 2. The molecule has 1 amide bonds. The maximum Gasteiger partial charge on any atom is 0.410 e. The normalized spacial score (nSPS) is 26.5. The largest absolute Gasteiger partial charge is 0.444 e. The molecule has 136 valence electrons. The molecule has 1 aromatic carbocycles. The van der Waals surface area contributed by atoms with Gasteiger partial charge in [-0.05, 0) is 39.2 Å². The van der Waals surface area contributed by atoms with Gasteiger partial charge in [0.15, 0.2) is 0 Å². The molecular weight excluding hydrogens is 316 g/mol. The van der Waals surface area contributed by atoms with Gasteiger partial charge in [-0.1, -0.05) is 30.3 Å². The van der Waals surface area contributed by atoms with Crippen LogP contribution < -0.4 is 0 Å². The smallest absolute Gasteiger partial charge is 0.410 e. The number of ether oxygens (including phenoxy) is 1. The Morgan fingerprint density at radius 2 is 1.96 bits per heavy atom. The van der Waals surface area contributed by atoms with Crippen molar-refractivity contribution in [1.82, 2.24) is 9.80 Å². The van der Waals surface area contributed by atoms with E-state index in [0.29, 0.717) is 19.0 Å². The van der Waals surface area contributed by atoms with Gasteiger partial charge in [0.2, 0.25) is 0 Å². The van der Waals surface area contributed by atoms with Crippen molar-refractivity contribution < 1.29 is 14.3 Å². The summed E-state index contributed by atoms with van der Waals surface area (Å²) in [4.78, 5) is 28.2. The number of likely N-dealkylation sites (tertiary alicyclic amines) is 1. The number of carbonyl (C=O) groups excluding carboxylic acids is 2. The summed E-state index contributed by atoms with van der Waals surface area (Å²) in [7, 11) is 0. The SMILES string of the molecule is CC(C)(C)OC(=O)N1C[C@H]2CC[C@H]([C@@H]1CC=O)N2Cc1ccccc1. The molecule has 0 aliphatic carbocycles. The first kappa shape index (κ1) is 17.9. The Kier molecular flexibility index (Phi) is 5.13. The molecule has 1 aromatic rings. The number of benzene rings is 1. The van der Waals surface area contributed by atoms with Crippen LogP contribution in [0.1, 0.15) is 45.6 Å². The van der Waals surface area contributed by atoms with Gasteiger partial charge in [0.1, 0.15) is 11.9 Å². The number of piperazine rings is 1. The van der Waals surface area contributed by atoms with Crippen molar-refractivity contribution in [3.63, 3.8) is 0 Å². The topological polar surface area (TPSA) is 49.9 Å². The van der Waals surface area contributed by atoms with E-state index in [1.165, 1.54) is 5.56 Å². The molecule has 0 radical (unpaired) electrons. The lowest BCUT2D eigenvalue weighted by molar-refractivity contribution is -0.110. The maximum absolute atomic E-state index is 12.7. The minimum atomic E-state index is -0.525. The van der Waals surface area contributed by atoms with E-state index >= 15 is 0 Å². The summed E-state index contributed by atoms with van der Waals surface area (Å²) < 4.78 is 5.58. The highest BCUT2D eigenvalue weighted by molar-refractivity contribution is 5.70. The van der Waals surface area contributed by atoms with Crippen molar-refractivity contribution in [1.29, 1.82) is 0 Å². The first-order chi connectivity index (χ1) is 11.9. The summed E-state index contributed by atoms with van der Waals surface area (Å²) in [6.07, 6.45) is 3.08. The second-order valence-corrected chi connectivity index (χ2v) is 8.06. The van der Waals surface area contributed by atoms with E-state index in [4.69, 9.17) is 4.74 Å². The van der Waals surface area contributed by atoms with Crippen molar-refractivity contribution in [2.24, 2.45) is 0 Å². The molecule has 0 aromatic heterocycles. The molecule has 2 heterocycles. The molecule has 2 saturated heterocycles. The zero-order valence-corrected chi connectivity index (χ0v) is 15.4. The average molecular weight is 344 g/mol. The van der Waals surface area contributed by atoms with Gasteiger partial charge in [0.25, 0.3) is 0 Å². The summed E-state index contributed by atoms with van der Waals surface area (Å²) in [5.74, 6) is 0. The van der Waals surface area contributed by atoms with Gasteiger partial charge in [0, 0.05) is 31.6 Å². The Hall–Kier alpha value is -1.88. The molecule has 2 bridgehead atoms. The van der Waals surface area contributed by atoms with Crippen LogP contribution in [-0.4, -0.2) is 52.5 Å². The van der Waals surface area contributed by atoms with Gasteiger partial charge in [-0.2, -0.15) is 0 Å². The van der Waals surface area contributed by atoms with Crippen LogP contribution in [0.4, 0.5) is 4.79 Å². The number of hydrogen-bond acceptors (Lipinski definition) is 4. The van der Waals surface area contributed by atoms with Crippen LogP contribution in [0.3, 0.4) is 0 Å². The highest BCUT2D eigenvalue weighted by atomic mass is 16.6. The summed E-state index contributed by atoms with van der Waals surface area (Å²) in [5.41, 5.74) is 0.748. The number of amides is 1. The molecule has 0 N–H and O–H groups in total. The molecule has 5 nitrogen and oxygen atoms in total. The van der Waals surface area contributed by atoms with E-state index in [1.807, 2.05) is 26.8 Å². The number of fused-ring (bicyclic) bond motifs is 2. The van der Waals surface area contributed by atoms with Crippen molar-refractivity contribution in [3.8, 4) is 0 Å². The van der Waals surface area contributed by atoms with Crippen LogP contribution in [0.5, 0.6) is 0 Å². The molecule has 3 atom stereocenters.